The van der Waals surface area contributed by atoms with Gasteiger partial charge in [-0.1, -0.05) is 43.2 Å². The number of hydrogen-bond donors (Lipinski definition) is 1. The Morgan fingerprint density at radius 3 is 2.73 bits per heavy atom. The number of hydrogen-bond acceptors (Lipinski definition) is 3. The van der Waals surface area contributed by atoms with Crippen LogP contribution in [0.25, 0.3) is 0 Å². The van der Waals surface area contributed by atoms with Crippen molar-refractivity contribution in [2.45, 2.75) is 38.5 Å². The van der Waals surface area contributed by atoms with Crippen LogP contribution in [0.3, 0.4) is 0 Å². The molecular formula is C26H30O4. The lowest BCUT2D eigenvalue weighted by Gasteiger charge is -2.54. The molecule has 1 aliphatic heterocycles. The molecule has 5 aliphatic rings. The molecule has 0 saturated heterocycles. The monoisotopic (exact) mass is 406 g/mol. The molecule has 6 rings (SSSR count). The van der Waals surface area contributed by atoms with Gasteiger partial charge >= 0.3 is 5.97 Å². The van der Waals surface area contributed by atoms with Gasteiger partial charge in [-0.3, -0.25) is 4.79 Å². The average molecular weight is 407 g/mol. The third kappa shape index (κ3) is 2.83. The molecule has 0 unspecified atom stereocenters. The minimum Gasteiger partial charge on any atom is -0.481 e. The highest BCUT2D eigenvalue weighted by atomic mass is 16.7. The van der Waals surface area contributed by atoms with Crippen molar-refractivity contribution in [1.82, 2.24) is 0 Å². The van der Waals surface area contributed by atoms with Gasteiger partial charge in [-0.15, -0.1) is 0 Å². The van der Waals surface area contributed by atoms with Crippen LogP contribution >= 0.6 is 0 Å². The number of benzene rings is 1. The van der Waals surface area contributed by atoms with Crippen molar-refractivity contribution in [1.29, 1.82) is 0 Å². The molecular weight excluding hydrogens is 376 g/mol. The van der Waals surface area contributed by atoms with Gasteiger partial charge in [-0.25, -0.2) is 0 Å². The van der Waals surface area contributed by atoms with E-state index in [1.807, 2.05) is 12.1 Å². The minimum atomic E-state index is -0.653. The van der Waals surface area contributed by atoms with E-state index in [1.165, 1.54) is 37.7 Å². The molecule has 2 fully saturated rings. The second-order valence-electron chi connectivity index (χ2n) is 9.96. The Kier molecular flexibility index (Phi) is 4.43. The number of aliphatic carboxylic acids is 1. The maximum absolute atomic E-state index is 11.7. The molecule has 2 saturated carbocycles. The van der Waals surface area contributed by atoms with E-state index < -0.39 is 5.97 Å². The molecule has 0 spiro atoms. The lowest BCUT2D eigenvalue weighted by atomic mass is 9.50. The molecule has 158 valence electrons. The summed E-state index contributed by atoms with van der Waals surface area (Å²) in [5.74, 6) is 5.31. The normalized spacial score (nSPS) is 38.9. The van der Waals surface area contributed by atoms with Crippen LogP contribution in [-0.2, 0) is 11.2 Å². The zero-order valence-corrected chi connectivity index (χ0v) is 17.3. The van der Waals surface area contributed by atoms with E-state index in [2.05, 4.69) is 30.4 Å². The SMILES string of the molecule is O=C(O)[C@H]1C=C[C@H]2C[C@H]3[C@H](CCCCCc4ccc5c(c4)OCO5)[C@@H]4C=C[C@@H]1[C@@H]2[C@@H]43. The van der Waals surface area contributed by atoms with Crippen molar-refractivity contribution >= 4 is 5.97 Å². The Morgan fingerprint density at radius 2 is 1.83 bits per heavy atom. The topological polar surface area (TPSA) is 55.8 Å². The summed E-state index contributed by atoms with van der Waals surface area (Å²) >= 11 is 0. The Hall–Kier alpha value is -2.23. The number of fused-ring (bicyclic) bond motifs is 1. The highest BCUT2D eigenvalue weighted by molar-refractivity contribution is 5.73. The Labute approximate surface area is 178 Å². The summed E-state index contributed by atoms with van der Waals surface area (Å²) in [6, 6.07) is 6.31. The van der Waals surface area contributed by atoms with E-state index in [0.717, 1.165) is 35.7 Å². The van der Waals surface area contributed by atoms with E-state index >= 15 is 0 Å². The van der Waals surface area contributed by atoms with Crippen molar-refractivity contribution in [2.24, 2.45) is 47.3 Å². The van der Waals surface area contributed by atoms with Gasteiger partial charge in [0.15, 0.2) is 11.5 Å². The van der Waals surface area contributed by atoms with Crippen molar-refractivity contribution in [3.05, 3.63) is 48.1 Å². The molecule has 8 atom stereocenters. The van der Waals surface area contributed by atoms with Crippen molar-refractivity contribution in [2.75, 3.05) is 6.79 Å². The molecule has 1 N–H and O–H groups in total. The zero-order valence-electron chi connectivity index (χ0n) is 17.3. The van der Waals surface area contributed by atoms with Crippen LogP contribution < -0.4 is 9.47 Å². The van der Waals surface area contributed by atoms with Gasteiger partial charge in [-0.2, -0.15) is 0 Å². The van der Waals surface area contributed by atoms with Crippen LogP contribution in [0.15, 0.2) is 42.5 Å². The van der Waals surface area contributed by atoms with Crippen LogP contribution in [0, 0.1) is 47.3 Å². The largest absolute Gasteiger partial charge is 0.481 e. The first-order valence-corrected chi connectivity index (χ1v) is 11.7. The van der Waals surface area contributed by atoms with E-state index in [-0.39, 0.29) is 11.8 Å². The molecule has 30 heavy (non-hydrogen) atoms. The number of ether oxygens (including phenoxy) is 2. The molecule has 4 aliphatic carbocycles. The van der Waals surface area contributed by atoms with Gasteiger partial charge in [0, 0.05) is 0 Å². The zero-order chi connectivity index (χ0) is 20.2. The lowest BCUT2D eigenvalue weighted by molar-refractivity contribution is -0.143. The molecule has 0 bridgehead atoms. The first-order valence-electron chi connectivity index (χ1n) is 11.7. The number of rotatable bonds is 7. The molecule has 0 amide bonds. The summed E-state index contributed by atoms with van der Waals surface area (Å²) in [4.78, 5) is 11.7. The summed E-state index contributed by atoms with van der Waals surface area (Å²) in [5.41, 5.74) is 1.34. The Morgan fingerprint density at radius 1 is 0.967 bits per heavy atom. The third-order valence-electron chi connectivity index (χ3n) is 8.67. The first-order chi connectivity index (χ1) is 14.7. The number of carbonyl (C=O) groups is 1. The summed E-state index contributed by atoms with van der Waals surface area (Å²) < 4.78 is 10.9. The van der Waals surface area contributed by atoms with Gasteiger partial charge in [0.1, 0.15) is 0 Å². The quantitative estimate of drug-likeness (QED) is 0.506. The van der Waals surface area contributed by atoms with Gasteiger partial charge in [-0.05, 0) is 84.8 Å². The fourth-order valence-electron chi connectivity index (χ4n) is 7.42. The second kappa shape index (κ2) is 7.18. The minimum absolute atomic E-state index is 0.228. The molecule has 0 radical (unpaired) electrons. The number of aryl methyl sites for hydroxylation is 1. The van der Waals surface area contributed by atoms with Crippen LogP contribution in [-0.4, -0.2) is 17.9 Å². The summed E-state index contributed by atoms with van der Waals surface area (Å²) in [6.07, 6.45) is 16.4. The maximum Gasteiger partial charge on any atom is 0.310 e. The highest BCUT2D eigenvalue weighted by Gasteiger charge is 2.62. The first kappa shape index (κ1) is 18.5. The van der Waals surface area contributed by atoms with E-state index in [0.29, 0.717) is 24.5 Å². The highest BCUT2D eigenvalue weighted by Crippen LogP contribution is 2.67. The van der Waals surface area contributed by atoms with Crippen LogP contribution in [0.2, 0.25) is 0 Å². The summed E-state index contributed by atoms with van der Waals surface area (Å²) in [7, 11) is 0. The van der Waals surface area contributed by atoms with Crippen molar-refractivity contribution in [3.63, 3.8) is 0 Å². The maximum atomic E-state index is 11.7. The molecule has 4 nitrogen and oxygen atoms in total. The van der Waals surface area contributed by atoms with Crippen LogP contribution in [0.4, 0.5) is 0 Å². The van der Waals surface area contributed by atoms with Gasteiger partial charge in [0.05, 0.1) is 5.92 Å². The number of carboxylic acids is 1. The van der Waals surface area contributed by atoms with Crippen molar-refractivity contribution < 1.29 is 19.4 Å². The summed E-state index contributed by atoms with van der Waals surface area (Å²) in [5, 5.41) is 9.60. The summed E-state index contributed by atoms with van der Waals surface area (Å²) in [6.45, 7) is 0.340. The molecule has 1 heterocycles. The number of unbranched alkanes of at least 4 members (excludes halogenated alkanes) is 2. The predicted molar refractivity (Wildman–Crippen MR) is 113 cm³/mol. The second-order valence-corrected chi connectivity index (χ2v) is 9.96. The fourth-order valence-corrected chi connectivity index (χ4v) is 7.42. The molecule has 1 aromatic carbocycles. The predicted octanol–water partition coefficient (Wildman–Crippen LogP) is 5.09. The lowest BCUT2D eigenvalue weighted by Crippen LogP contribution is -2.50. The average Bonchev–Trinajstić information content (AvgIpc) is 3.34. The molecule has 0 aromatic heterocycles. The molecule has 4 heteroatoms. The van der Waals surface area contributed by atoms with Crippen LogP contribution in [0.5, 0.6) is 11.5 Å². The van der Waals surface area contributed by atoms with Crippen molar-refractivity contribution in [3.8, 4) is 11.5 Å². The number of allylic oxidation sites excluding steroid dienone is 3. The number of carboxylic acid groups (broad SMARTS) is 1. The Bertz CT molecular complexity index is 902. The van der Waals surface area contributed by atoms with E-state index in [1.54, 1.807) is 0 Å². The van der Waals surface area contributed by atoms with E-state index in [4.69, 9.17) is 9.47 Å². The van der Waals surface area contributed by atoms with E-state index in [9.17, 15) is 9.90 Å². The van der Waals surface area contributed by atoms with Gasteiger partial charge in [0.25, 0.3) is 0 Å². The van der Waals surface area contributed by atoms with Gasteiger partial charge < -0.3 is 14.6 Å². The standard InChI is InChI=1S/C26H30O4/c27-26(28)20-8-7-16-13-21-17(18-9-10-19(20)24(16)25(18)21)5-3-1-2-4-15-6-11-22-23(12-15)30-14-29-22/h6-12,16-21,24-25H,1-5,13-14H2,(H,27,28)/t16-,17+,18-,19-,20-,21-,24+,25-/m0/s1. The third-order valence-corrected chi connectivity index (χ3v) is 8.67. The van der Waals surface area contributed by atoms with Gasteiger partial charge in [0.2, 0.25) is 6.79 Å². The fraction of sp³-hybridized carbons (Fsp3) is 0.577. The van der Waals surface area contributed by atoms with Crippen LogP contribution in [0.1, 0.15) is 37.7 Å². The molecule has 1 aromatic rings. The smallest absolute Gasteiger partial charge is 0.310 e. The Balaban J connectivity index is 1.02.